The molecule has 1 aliphatic rings. The molecular weight excluding hydrogens is 250 g/mol. The van der Waals surface area contributed by atoms with Crippen LogP contribution in [0.3, 0.4) is 0 Å². The van der Waals surface area contributed by atoms with E-state index in [1.165, 1.54) is 17.7 Å². The van der Waals surface area contributed by atoms with Gasteiger partial charge in [0.05, 0.1) is 6.61 Å². The van der Waals surface area contributed by atoms with Crippen molar-refractivity contribution >= 4 is 5.82 Å². The monoisotopic (exact) mass is 277 g/mol. The third-order valence-corrected chi connectivity index (χ3v) is 3.88. The summed E-state index contributed by atoms with van der Waals surface area (Å²) >= 11 is 0. The molecule has 0 aromatic carbocycles. The molecule has 20 heavy (non-hydrogen) atoms. The number of ether oxygens (including phenoxy) is 1. The van der Waals surface area contributed by atoms with Gasteiger partial charge in [-0.2, -0.15) is 0 Å². The van der Waals surface area contributed by atoms with E-state index in [4.69, 9.17) is 9.72 Å². The summed E-state index contributed by atoms with van der Waals surface area (Å²) in [6.45, 7) is 8.29. The Kier molecular flexibility index (Phi) is 5.38. The Morgan fingerprint density at radius 3 is 2.90 bits per heavy atom. The topological polar surface area (TPSA) is 37.4 Å². The average Bonchev–Trinajstić information content (AvgIpc) is 2.88. The number of anilines is 1. The van der Waals surface area contributed by atoms with Gasteiger partial charge >= 0.3 is 0 Å². The van der Waals surface area contributed by atoms with E-state index >= 15 is 0 Å². The first-order chi connectivity index (χ1) is 9.63. The number of hydrogen-bond donors (Lipinski definition) is 1. The van der Waals surface area contributed by atoms with E-state index in [-0.39, 0.29) is 0 Å². The molecule has 0 saturated carbocycles. The molecule has 1 unspecified atom stereocenters. The van der Waals surface area contributed by atoms with Crippen LogP contribution in [0.25, 0.3) is 0 Å². The fourth-order valence-corrected chi connectivity index (χ4v) is 2.77. The highest BCUT2D eigenvalue weighted by molar-refractivity contribution is 5.44. The number of aromatic nitrogens is 1. The van der Waals surface area contributed by atoms with E-state index in [1.807, 2.05) is 7.05 Å². The van der Waals surface area contributed by atoms with Gasteiger partial charge in [-0.3, -0.25) is 0 Å². The van der Waals surface area contributed by atoms with Crippen LogP contribution in [0.15, 0.2) is 12.1 Å². The molecule has 4 nitrogen and oxygen atoms in total. The summed E-state index contributed by atoms with van der Waals surface area (Å²) in [5, 5.41) is 3.23. The molecule has 1 atom stereocenters. The highest BCUT2D eigenvalue weighted by atomic mass is 16.5. The molecule has 1 saturated heterocycles. The summed E-state index contributed by atoms with van der Waals surface area (Å²) < 4.78 is 5.28. The maximum atomic E-state index is 5.28. The first kappa shape index (κ1) is 15.3. The van der Waals surface area contributed by atoms with Gasteiger partial charge in [-0.1, -0.05) is 13.8 Å². The van der Waals surface area contributed by atoms with Gasteiger partial charge in [0.25, 0.3) is 0 Å². The average molecular weight is 277 g/mol. The third kappa shape index (κ3) is 3.70. The normalized spacial score (nSPS) is 19.1. The van der Waals surface area contributed by atoms with Gasteiger partial charge in [0, 0.05) is 38.4 Å². The number of nitrogens with zero attached hydrogens (tertiary/aromatic N) is 2. The lowest BCUT2D eigenvalue weighted by molar-refractivity contribution is 0.161. The second kappa shape index (κ2) is 7.04. The molecule has 4 heteroatoms. The zero-order valence-corrected chi connectivity index (χ0v) is 13.1. The minimum absolute atomic E-state index is 0.461. The Labute approximate surface area is 122 Å². The smallest absolute Gasteiger partial charge is 0.129 e. The summed E-state index contributed by atoms with van der Waals surface area (Å²) in [4.78, 5) is 7.25. The summed E-state index contributed by atoms with van der Waals surface area (Å²) in [5.41, 5.74) is 2.50. The Hall–Kier alpha value is -1.13. The van der Waals surface area contributed by atoms with Crippen LogP contribution < -0.4 is 10.2 Å². The van der Waals surface area contributed by atoms with Gasteiger partial charge in [0.2, 0.25) is 0 Å². The van der Waals surface area contributed by atoms with Crippen LogP contribution in [-0.4, -0.2) is 38.8 Å². The fourth-order valence-electron chi connectivity index (χ4n) is 2.77. The third-order valence-electron chi connectivity index (χ3n) is 3.88. The van der Waals surface area contributed by atoms with Gasteiger partial charge < -0.3 is 15.0 Å². The molecule has 0 bridgehead atoms. The molecule has 1 aromatic heterocycles. The Balaban J connectivity index is 2.18. The van der Waals surface area contributed by atoms with Crippen LogP contribution in [-0.2, 0) is 11.3 Å². The van der Waals surface area contributed by atoms with E-state index in [9.17, 15) is 0 Å². The van der Waals surface area contributed by atoms with Gasteiger partial charge in [-0.15, -0.1) is 0 Å². The van der Waals surface area contributed by atoms with Crippen molar-refractivity contribution in [2.24, 2.45) is 5.92 Å². The van der Waals surface area contributed by atoms with Crippen molar-refractivity contribution in [2.45, 2.75) is 32.7 Å². The maximum Gasteiger partial charge on any atom is 0.129 e. The second-order valence-electron chi connectivity index (χ2n) is 6.00. The van der Waals surface area contributed by atoms with Crippen molar-refractivity contribution in [3.8, 4) is 0 Å². The lowest BCUT2D eigenvalue weighted by Gasteiger charge is -2.20. The molecule has 0 radical (unpaired) electrons. The van der Waals surface area contributed by atoms with Crippen molar-refractivity contribution in [3.63, 3.8) is 0 Å². The van der Waals surface area contributed by atoms with Crippen molar-refractivity contribution in [1.29, 1.82) is 0 Å². The van der Waals surface area contributed by atoms with E-state index in [0.717, 1.165) is 32.1 Å². The molecule has 2 rings (SSSR count). The van der Waals surface area contributed by atoms with Crippen LogP contribution in [0.1, 0.15) is 37.4 Å². The largest absolute Gasteiger partial charge is 0.384 e. The summed E-state index contributed by atoms with van der Waals surface area (Å²) in [6.07, 6.45) is 1.20. The van der Waals surface area contributed by atoms with Crippen molar-refractivity contribution in [3.05, 3.63) is 23.4 Å². The Bertz CT molecular complexity index is 434. The van der Waals surface area contributed by atoms with Gasteiger partial charge in [-0.05, 0) is 37.1 Å². The predicted molar refractivity (Wildman–Crippen MR) is 83.3 cm³/mol. The highest BCUT2D eigenvalue weighted by Gasteiger charge is 2.24. The van der Waals surface area contributed by atoms with E-state index < -0.39 is 0 Å². The minimum atomic E-state index is 0.461. The SMILES string of the molecule is CNCc1cc(C(C)C)nc(N2CCC(COC)C2)c1. The fraction of sp³-hybridized carbons (Fsp3) is 0.688. The molecule has 0 aliphatic carbocycles. The molecule has 1 aliphatic heterocycles. The first-order valence-electron chi connectivity index (χ1n) is 7.53. The quantitative estimate of drug-likeness (QED) is 0.866. The van der Waals surface area contributed by atoms with Gasteiger partial charge in [0.1, 0.15) is 5.82 Å². The number of rotatable bonds is 6. The van der Waals surface area contributed by atoms with E-state index in [0.29, 0.717) is 11.8 Å². The molecule has 1 N–H and O–H groups in total. The molecule has 0 spiro atoms. The van der Waals surface area contributed by atoms with Crippen molar-refractivity contribution < 1.29 is 4.74 Å². The number of methoxy groups -OCH3 is 1. The summed E-state index contributed by atoms with van der Waals surface area (Å²) in [5.74, 6) is 2.22. The van der Waals surface area contributed by atoms with Crippen LogP contribution >= 0.6 is 0 Å². The van der Waals surface area contributed by atoms with Crippen LogP contribution in [0.5, 0.6) is 0 Å². The molecule has 0 amide bonds. The second-order valence-corrected chi connectivity index (χ2v) is 6.00. The standard InChI is InChI=1S/C16H27N3O/c1-12(2)15-7-14(9-17-3)8-16(18-15)19-6-5-13(10-19)11-20-4/h7-8,12-13,17H,5-6,9-11H2,1-4H3. The number of nitrogens with one attached hydrogen (secondary N) is 1. The molecule has 1 fully saturated rings. The van der Waals surface area contributed by atoms with Crippen LogP contribution in [0, 0.1) is 5.92 Å². The van der Waals surface area contributed by atoms with Crippen molar-refractivity contribution in [1.82, 2.24) is 10.3 Å². The number of hydrogen-bond acceptors (Lipinski definition) is 4. The minimum Gasteiger partial charge on any atom is -0.384 e. The lowest BCUT2D eigenvalue weighted by atomic mass is 10.1. The van der Waals surface area contributed by atoms with Crippen LogP contribution in [0.4, 0.5) is 5.82 Å². The van der Waals surface area contributed by atoms with E-state index in [2.05, 4.69) is 36.2 Å². The number of pyridine rings is 1. The maximum absolute atomic E-state index is 5.28. The molecule has 2 heterocycles. The Morgan fingerprint density at radius 2 is 2.25 bits per heavy atom. The molecule has 112 valence electrons. The summed E-state index contributed by atoms with van der Waals surface area (Å²) in [7, 11) is 3.77. The highest BCUT2D eigenvalue weighted by Crippen LogP contribution is 2.25. The van der Waals surface area contributed by atoms with Gasteiger partial charge in [-0.25, -0.2) is 4.98 Å². The zero-order valence-electron chi connectivity index (χ0n) is 13.1. The van der Waals surface area contributed by atoms with Crippen LogP contribution in [0.2, 0.25) is 0 Å². The molecular formula is C16H27N3O. The summed E-state index contributed by atoms with van der Waals surface area (Å²) in [6, 6.07) is 4.44. The predicted octanol–water partition coefficient (Wildman–Crippen LogP) is 2.40. The first-order valence-corrected chi connectivity index (χ1v) is 7.53. The molecule has 1 aromatic rings. The Morgan fingerprint density at radius 1 is 1.45 bits per heavy atom. The van der Waals surface area contributed by atoms with Gasteiger partial charge in [0.15, 0.2) is 0 Å². The lowest BCUT2D eigenvalue weighted by Crippen LogP contribution is -2.23. The van der Waals surface area contributed by atoms with E-state index in [1.54, 1.807) is 7.11 Å². The van der Waals surface area contributed by atoms with Crippen molar-refractivity contribution in [2.75, 3.05) is 38.8 Å². The zero-order chi connectivity index (χ0) is 14.5.